The maximum absolute atomic E-state index is 10.7. The molecule has 0 radical (unpaired) electrons. The predicted octanol–water partition coefficient (Wildman–Crippen LogP) is 2.51. The number of benzene rings is 1. The number of rotatable bonds is 6. The van der Waals surface area contributed by atoms with E-state index in [4.69, 9.17) is 11.5 Å². The summed E-state index contributed by atoms with van der Waals surface area (Å²) in [5, 5.41) is 2.43. The highest BCUT2D eigenvalue weighted by Gasteiger charge is 1.99. The standard InChI is InChI=1S/C16H21N3O/c1-12-4-3-5-14(10-12)6-7-15(8-9-17)11-13(2)19-16(18)20/h3-5,8-11H,2,6-7,17H2,1H3,(H3,18,19,20)/b9-8-,15-11-. The number of hydrogen-bond acceptors (Lipinski definition) is 2. The zero-order valence-corrected chi connectivity index (χ0v) is 11.7. The lowest BCUT2D eigenvalue weighted by Gasteiger charge is -2.06. The molecule has 0 aromatic heterocycles. The Labute approximate surface area is 119 Å². The molecule has 0 fully saturated rings. The minimum Gasteiger partial charge on any atom is -0.405 e. The third-order valence-corrected chi connectivity index (χ3v) is 2.74. The molecule has 0 saturated heterocycles. The molecule has 106 valence electrons. The number of nitrogens with one attached hydrogen (secondary N) is 1. The van der Waals surface area contributed by atoms with Gasteiger partial charge in [0.15, 0.2) is 0 Å². The minimum absolute atomic E-state index is 0.454. The summed E-state index contributed by atoms with van der Waals surface area (Å²) in [5.41, 5.74) is 14.4. The van der Waals surface area contributed by atoms with Crippen molar-refractivity contribution in [2.24, 2.45) is 11.5 Å². The lowest BCUT2D eigenvalue weighted by Crippen LogP contribution is -2.27. The Hall–Kier alpha value is -2.49. The van der Waals surface area contributed by atoms with E-state index in [0.29, 0.717) is 5.70 Å². The molecule has 5 N–H and O–H groups in total. The molecule has 4 nitrogen and oxygen atoms in total. The number of allylic oxidation sites excluding steroid dienone is 3. The second-order valence-electron chi connectivity index (χ2n) is 4.58. The summed E-state index contributed by atoms with van der Waals surface area (Å²) in [5.74, 6) is 0. The van der Waals surface area contributed by atoms with Crippen LogP contribution in [0.5, 0.6) is 0 Å². The highest BCUT2D eigenvalue weighted by Crippen LogP contribution is 2.13. The van der Waals surface area contributed by atoms with Crippen molar-refractivity contribution >= 4 is 6.03 Å². The number of nitrogens with two attached hydrogens (primary N) is 2. The molecule has 1 rings (SSSR count). The Balaban J connectivity index is 2.70. The van der Waals surface area contributed by atoms with E-state index in [1.165, 1.54) is 17.3 Å². The number of amides is 2. The van der Waals surface area contributed by atoms with Crippen LogP contribution in [-0.4, -0.2) is 6.03 Å². The average molecular weight is 271 g/mol. The molecule has 1 aromatic rings. The van der Waals surface area contributed by atoms with Gasteiger partial charge >= 0.3 is 6.03 Å². The van der Waals surface area contributed by atoms with Crippen LogP contribution in [0.3, 0.4) is 0 Å². The molecule has 2 amide bonds. The highest BCUT2D eigenvalue weighted by molar-refractivity contribution is 5.74. The van der Waals surface area contributed by atoms with Crippen LogP contribution in [0.25, 0.3) is 0 Å². The molecule has 0 unspecified atom stereocenters. The fourth-order valence-electron chi connectivity index (χ4n) is 1.90. The summed E-state index contributed by atoms with van der Waals surface area (Å²) >= 11 is 0. The molecule has 4 heteroatoms. The maximum atomic E-state index is 10.7. The molecule has 1 aromatic carbocycles. The Morgan fingerprint density at radius 1 is 1.45 bits per heavy atom. The van der Waals surface area contributed by atoms with Gasteiger partial charge in [0.1, 0.15) is 0 Å². The molecule has 20 heavy (non-hydrogen) atoms. The number of carbonyl (C=O) groups excluding carboxylic acids is 1. The Kier molecular flexibility index (Phi) is 6.10. The van der Waals surface area contributed by atoms with Crippen LogP contribution >= 0.6 is 0 Å². The molecule has 0 aliphatic heterocycles. The predicted molar refractivity (Wildman–Crippen MR) is 82.8 cm³/mol. The first-order valence-corrected chi connectivity index (χ1v) is 6.41. The molecule has 0 aliphatic rings. The molecule has 0 spiro atoms. The van der Waals surface area contributed by atoms with Crippen molar-refractivity contribution in [2.75, 3.05) is 0 Å². The van der Waals surface area contributed by atoms with Gasteiger partial charge in [-0.05, 0) is 49.3 Å². The number of urea groups is 1. The van der Waals surface area contributed by atoms with Gasteiger partial charge in [-0.15, -0.1) is 0 Å². The summed E-state index contributed by atoms with van der Waals surface area (Å²) < 4.78 is 0. The lowest BCUT2D eigenvalue weighted by atomic mass is 10.0. The van der Waals surface area contributed by atoms with Gasteiger partial charge in [0.2, 0.25) is 0 Å². The van der Waals surface area contributed by atoms with Crippen LogP contribution < -0.4 is 16.8 Å². The van der Waals surface area contributed by atoms with E-state index in [9.17, 15) is 4.79 Å². The number of aryl methyl sites for hydroxylation is 2. The van der Waals surface area contributed by atoms with Gasteiger partial charge in [-0.2, -0.15) is 0 Å². The normalized spacial score (nSPS) is 11.6. The van der Waals surface area contributed by atoms with Crippen molar-refractivity contribution in [3.63, 3.8) is 0 Å². The van der Waals surface area contributed by atoms with Gasteiger partial charge in [-0.25, -0.2) is 4.79 Å². The van der Waals surface area contributed by atoms with Gasteiger partial charge < -0.3 is 16.8 Å². The number of carbonyl (C=O) groups is 1. The van der Waals surface area contributed by atoms with Crippen molar-refractivity contribution < 1.29 is 4.79 Å². The molecule has 0 aliphatic carbocycles. The van der Waals surface area contributed by atoms with E-state index in [2.05, 4.69) is 37.0 Å². The van der Waals surface area contributed by atoms with E-state index in [-0.39, 0.29) is 0 Å². The lowest BCUT2D eigenvalue weighted by molar-refractivity contribution is 0.251. The molecule has 0 atom stereocenters. The Bertz CT molecular complexity index is 544. The van der Waals surface area contributed by atoms with Gasteiger partial charge in [0.25, 0.3) is 0 Å². The Morgan fingerprint density at radius 3 is 2.80 bits per heavy atom. The fourth-order valence-corrected chi connectivity index (χ4v) is 1.90. The summed E-state index contributed by atoms with van der Waals surface area (Å²) in [7, 11) is 0. The first-order chi connectivity index (χ1) is 9.51. The highest BCUT2D eigenvalue weighted by atomic mass is 16.2. The van der Waals surface area contributed by atoms with Gasteiger partial charge in [-0.3, -0.25) is 0 Å². The number of primary amides is 1. The first kappa shape index (κ1) is 15.6. The van der Waals surface area contributed by atoms with Gasteiger partial charge in [0.05, 0.1) is 0 Å². The van der Waals surface area contributed by atoms with Crippen LogP contribution in [0.1, 0.15) is 17.5 Å². The summed E-state index contributed by atoms with van der Waals surface area (Å²) in [6, 6.07) is 7.73. The topological polar surface area (TPSA) is 81.1 Å². The maximum Gasteiger partial charge on any atom is 0.316 e. The zero-order valence-electron chi connectivity index (χ0n) is 11.7. The minimum atomic E-state index is -0.624. The van der Waals surface area contributed by atoms with Crippen molar-refractivity contribution in [3.05, 3.63) is 71.6 Å². The summed E-state index contributed by atoms with van der Waals surface area (Å²) in [6.45, 7) is 5.79. The number of hydrogen-bond donors (Lipinski definition) is 3. The zero-order chi connectivity index (χ0) is 15.0. The monoisotopic (exact) mass is 271 g/mol. The van der Waals surface area contributed by atoms with Crippen molar-refractivity contribution in [2.45, 2.75) is 19.8 Å². The van der Waals surface area contributed by atoms with E-state index in [1.807, 2.05) is 6.07 Å². The van der Waals surface area contributed by atoms with Crippen LogP contribution in [0.15, 0.2) is 60.5 Å². The largest absolute Gasteiger partial charge is 0.405 e. The van der Waals surface area contributed by atoms with E-state index >= 15 is 0 Å². The van der Waals surface area contributed by atoms with Gasteiger partial charge in [0, 0.05) is 5.70 Å². The third-order valence-electron chi connectivity index (χ3n) is 2.74. The summed E-state index contributed by atoms with van der Waals surface area (Å²) in [6.07, 6.45) is 6.73. The molecule has 0 saturated carbocycles. The molecular formula is C16H21N3O. The summed E-state index contributed by atoms with van der Waals surface area (Å²) in [4.78, 5) is 10.7. The quantitative estimate of drug-likeness (QED) is 0.695. The van der Waals surface area contributed by atoms with Gasteiger partial charge in [-0.1, -0.05) is 36.4 Å². The van der Waals surface area contributed by atoms with Crippen LogP contribution in [-0.2, 0) is 6.42 Å². The van der Waals surface area contributed by atoms with Crippen LogP contribution in [0, 0.1) is 6.92 Å². The fraction of sp³-hybridized carbons (Fsp3) is 0.188. The van der Waals surface area contributed by atoms with E-state index in [1.54, 1.807) is 12.2 Å². The SMILES string of the molecule is C=C(/C=C(\C=C/N)CCc1cccc(C)c1)NC(N)=O. The smallest absolute Gasteiger partial charge is 0.316 e. The van der Waals surface area contributed by atoms with Crippen molar-refractivity contribution in [3.8, 4) is 0 Å². The van der Waals surface area contributed by atoms with Crippen LogP contribution in [0.4, 0.5) is 4.79 Å². The van der Waals surface area contributed by atoms with Crippen molar-refractivity contribution in [1.82, 2.24) is 5.32 Å². The average Bonchev–Trinajstić information content (AvgIpc) is 2.35. The second-order valence-corrected chi connectivity index (χ2v) is 4.58. The first-order valence-electron chi connectivity index (χ1n) is 6.41. The molecule has 0 bridgehead atoms. The van der Waals surface area contributed by atoms with E-state index in [0.717, 1.165) is 18.4 Å². The Morgan fingerprint density at radius 2 is 2.20 bits per heavy atom. The molecular weight excluding hydrogens is 250 g/mol. The van der Waals surface area contributed by atoms with Crippen molar-refractivity contribution in [1.29, 1.82) is 0 Å². The van der Waals surface area contributed by atoms with Crippen LogP contribution in [0.2, 0.25) is 0 Å². The van der Waals surface area contributed by atoms with E-state index < -0.39 is 6.03 Å². The third kappa shape index (κ3) is 5.91. The second kappa shape index (κ2) is 7.84. The molecule has 0 heterocycles.